The van der Waals surface area contributed by atoms with Crippen LogP contribution in [0.1, 0.15) is 145 Å². The molecule has 0 saturated carbocycles. The lowest BCUT2D eigenvalue weighted by molar-refractivity contribution is -0.137. The minimum atomic E-state index is -4.41. The summed E-state index contributed by atoms with van der Waals surface area (Å²) in [4.78, 5) is 4.90. The van der Waals surface area contributed by atoms with Crippen LogP contribution in [0.15, 0.2) is 24.3 Å². The molecule has 4 atom stereocenters. The summed E-state index contributed by atoms with van der Waals surface area (Å²) in [5.41, 5.74) is 3.71. The van der Waals surface area contributed by atoms with E-state index in [1.807, 2.05) is 27.7 Å². The number of rotatable bonds is 7. The fourth-order valence-corrected chi connectivity index (χ4v) is 5.80. The largest absolute Gasteiger partial charge is 0.416 e. The van der Waals surface area contributed by atoms with Gasteiger partial charge in [0.2, 0.25) is 0 Å². The summed E-state index contributed by atoms with van der Waals surface area (Å²) >= 11 is 3.70. The van der Waals surface area contributed by atoms with E-state index in [-0.39, 0.29) is 22.1 Å². The molecule has 2 N–H and O–H groups in total. The first-order chi connectivity index (χ1) is 17.9. The van der Waals surface area contributed by atoms with Gasteiger partial charge in [0.15, 0.2) is 0 Å². The molecule has 3 nitrogen and oxygen atoms in total. The molecule has 4 unspecified atom stereocenters. The monoisotopic (exact) mass is 613 g/mol. The van der Waals surface area contributed by atoms with E-state index in [2.05, 4.69) is 50.5 Å². The molecule has 0 fully saturated rings. The molecule has 7 heteroatoms. The van der Waals surface area contributed by atoms with Crippen molar-refractivity contribution in [1.82, 2.24) is 4.98 Å². The van der Waals surface area contributed by atoms with Gasteiger partial charge in [-0.1, -0.05) is 96.8 Å². The highest BCUT2D eigenvalue weighted by Gasteiger charge is 2.39. The Balaban J connectivity index is 0.000000976. The number of aliphatic hydroxyl groups is 2. The molecule has 3 rings (SSSR count). The minimum Gasteiger partial charge on any atom is -0.388 e. The molecule has 0 radical (unpaired) electrons. The number of fused-ring (bicyclic) bond motifs is 1. The Hall–Kier alpha value is -1.44. The minimum absolute atomic E-state index is 0.0217. The van der Waals surface area contributed by atoms with Crippen molar-refractivity contribution in [1.29, 1.82) is 0 Å². The van der Waals surface area contributed by atoms with Gasteiger partial charge in [0.05, 0.1) is 17.8 Å². The summed E-state index contributed by atoms with van der Waals surface area (Å²) < 4.78 is 39.6. The molecule has 1 aromatic carbocycles. The highest BCUT2D eigenvalue weighted by Crippen LogP contribution is 2.49. The van der Waals surface area contributed by atoms with E-state index in [4.69, 9.17) is 4.98 Å². The quantitative estimate of drug-likeness (QED) is 0.306. The molecular formula is C32H47BrF3NO2. The number of alkyl halides is 4. The van der Waals surface area contributed by atoms with Crippen molar-refractivity contribution in [2.45, 2.75) is 123 Å². The van der Waals surface area contributed by atoms with E-state index in [0.29, 0.717) is 36.0 Å². The second kappa shape index (κ2) is 13.5. The van der Waals surface area contributed by atoms with Crippen LogP contribution in [-0.4, -0.2) is 20.0 Å². The van der Waals surface area contributed by atoms with Crippen molar-refractivity contribution in [2.24, 2.45) is 11.3 Å². The summed E-state index contributed by atoms with van der Waals surface area (Å²) in [6.45, 7) is 18.8. The van der Waals surface area contributed by atoms with Gasteiger partial charge in [-0.15, -0.1) is 0 Å². The first-order valence-corrected chi connectivity index (χ1v) is 15.1. The number of hydrogen-bond acceptors (Lipinski definition) is 3. The average Bonchev–Trinajstić information content (AvgIpc) is 2.82. The third-order valence-corrected chi connectivity index (χ3v) is 8.13. The van der Waals surface area contributed by atoms with Crippen LogP contribution >= 0.6 is 15.9 Å². The number of benzene rings is 1. The summed E-state index contributed by atoms with van der Waals surface area (Å²) in [6.07, 6.45) is -2.99. The van der Waals surface area contributed by atoms with Crippen LogP contribution in [0, 0.1) is 11.3 Å². The van der Waals surface area contributed by atoms with Crippen molar-refractivity contribution in [3.05, 3.63) is 63.5 Å². The van der Waals surface area contributed by atoms with Gasteiger partial charge < -0.3 is 10.2 Å². The molecule has 0 saturated heterocycles. The highest BCUT2D eigenvalue weighted by molar-refractivity contribution is 9.09. The predicted molar refractivity (Wildman–Crippen MR) is 157 cm³/mol. The van der Waals surface area contributed by atoms with Gasteiger partial charge in [-0.25, -0.2) is 0 Å². The lowest BCUT2D eigenvalue weighted by Crippen LogP contribution is -2.31. The van der Waals surface area contributed by atoms with E-state index >= 15 is 0 Å². The number of aliphatic hydroxyl groups excluding tert-OH is 2. The predicted octanol–water partition coefficient (Wildman–Crippen LogP) is 9.64. The maximum atomic E-state index is 13.2. The number of hydrogen-bond donors (Lipinski definition) is 2. The van der Waals surface area contributed by atoms with Gasteiger partial charge in [0, 0.05) is 27.7 Å². The molecule has 2 aromatic rings. The molecule has 1 aliphatic carbocycles. The third-order valence-electron chi connectivity index (χ3n) is 7.60. The SMILES string of the molecule is CCC(C)C.CCC(O)c1c2c(nc(C(C)C)c1C(c1ccc(C(F)(F)F)cc1)C(C)Br)CC(C)(C)CC2O. The van der Waals surface area contributed by atoms with Gasteiger partial charge in [-0.2, -0.15) is 13.2 Å². The fourth-order valence-electron chi connectivity index (χ4n) is 5.23. The van der Waals surface area contributed by atoms with Crippen molar-refractivity contribution in [3.8, 4) is 0 Å². The summed E-state index contributed by atoms with van der Waals surface area (Å²) in [5.74, 6) is 0.555. The van der Waals surface area contributed by atoms with E-state index < -0.39 is 23.9 Å². The van der Waals surface area contributed by atoms with Gasteiger partial charge in [0.1, 0.15) is 0 Å². The third kappa shape index (κ3) is 8.29. The topological polar surface area (TPSA) is 53.4 Å². The molecule has 0 bridgehead atoms. The van der Waals surface area contributed by atoms with Crippen LogP contribution in [0.4, 0.5) is 13.2 Å². The van der Waals surface area contributed by atoms with Gasteiger partial charge in [-0.3, -0.25) is 4.98 Å². The van der Waals surface area contributed by atoms with E-state index in [1.165, 1.54) is 18.6 Å². The fraction of sp³-hybridized carbons (Fsp3) is 0.656. The molecule has 1 aromatic heterocycles. The molecule has 220 valence electrons. The van der Waals surface area contributed by atoms with Crippen LogP contribution in [0.2, 0.25) is 0 Å². The molecule has 0 spiro atoms. The van der Waals surface area contributed by atoms with Crippen LogP contribution in [0.25, 0.3) is 0 Å². The summed E-state index contributed by atoms with van der Waals surface area (Å²) in [5, 5.41) is 22.5. The summed E-state index contributed by atoms with van der Waals surface area (Å²) in [6, 6.07) is 5.23. The van der Waals surface area contributed by atoms with Crippen LogP contribution in [-0.2, 0) is 12.6 Å². The van der Waals surface area contributed by atoms with Crippen molar-refractivity contribution in [2.75, 3.05) is 0 Å². The Bertz CT molecular complexity index is 1080. The van der Waals surface area contributed by atoms with Gasteiger partial charge in [-0.05, 0) is 65.3 Å². The number of nitrogens with zero attached hydrogens (tertiary/aromatic N) is 1. The zero-order valence-electron chi connectivity index (χ0n) is 25.0. The first kappa shape index (κ1) is 33.8. The van der Waals surface area contributed by atoms with E-state index in [9.17, 15) is 23.4 Å². The molecule has 0 aliphatic heterocycles. The molecule has 0 amide bonds. The van der Waals surface area contributed by atoms with Crippen molar-refractivity contribution in [3.63, 3.8) is 0 Å². The highest BCUT2D eigenvalue weighted by atomic mass is 79.9. The van der Waals surface area contributed by atoms with Crippen LogP contribution in [0.3, 0.4) is 0 Å². The van der Waals surface area contributed by atoms with E-state index in [1.54, 1.807) is 0 Å². The Morgan fingerprint density at radius 1 is 1.00 bits per heavy atom. The Morgan fingerprint density at radius 3 is 1.95 bits per heavy atom. The van der Waals surface area contributed by atoms with Gasteiger partial charge in [0.25, 0.3) is 0 Å². The standard InChI is InChI=1S/C27H35BrF3NO2.C5H12/c1-7-19(33)23-22-18(12-26(5,6)13-20(22)34)32-25(14(2)3)24(23)21(15(4)28)16-8-10-17(11-9-16)27(29,30)31;1-4-5(2)3/h8-11,14-15,19-21,33-34H,7,12-13H2,1-6H3;5H,4H2,1-3H3. The average molecular weight is 615 g/mol. The Morgan fingerprint density at radius 2 is 1.54 bits per heavy atom. The van der Waals surface area contributed by atoms with Crippen LogP contribution in [0.5, 0.6) is 0 Å². The maximum Gasteiger partial charge on any atom is 0.416 e. The van der Waals surface area contributed by atoms with Crippen LogP contribution < -0.4 is 0 Å². The smallest absolute Gasteiger partial charge is 0.388 e. The normalized spacial score (nSPS) is 19.3. The number of halogens is 4. The lowest BCUT2D eigenvalue weighted by Gasteiger charge is -2.39. The zero-order chi connectivity index (χ0) is 29.9. The van der Waals surface area contributed by atoms with Crippen molar-refractivity contribution < 1.29 is 23.4 Å². The molecule has 1 aliphatic rings. The number of pyridine rings is 1. The van der Waals surface area contributed by atoms with Crippen molar-refractivity contribution >= 4 is 15.9 Å². The zero-order valence-corrected chi connectivity index (χ0v) is 26.5. The Labute approximate surface area is 241 Å². The molecule has 1 heterocycles. The second-order valence-corrected chi connectivity index (χ2v) is 13.8. The second-order valence-electron chi connectivity index (χ2n) is 12.4. The lowest BCUT2D eigenvalue weighted by atomic mass is 9.70. The van der Waals surface area contributed by atoms with Gasteiger partial charge >= 0.3 is 6.18 Å². The molecular weight excluding hydrogens is 567 g/mol. The van der Waals surface area contributed by atoms with E-state index in [0.717, 1.165) is 35.0 Å². The molecule has 39 heavy (non-hydrogen) atoms. The first-order valence-electron chi connectivity index (χ1n) is 14.2. The maximum absolute atomic E-state index is 13.2. The summed E-state index contributed by atoms with van der Waals surface area (Å²) in [7, 11) is 0. The Kier molecular flexibility index (Phi) is 11.7. The number of aromatic nitrogens is 1.